The summed E-state index contributed by atoms with van der Waals surface area (Å²) >= 11 is 12.4. The zero-order chi connectivity index (χ0) is 27.1. The third-order valence-electron chi connectivity index (χ3n) is 5.68. The molecule has 4 rings (SSSR count). The lowest BCUT2D eigenvalue weighted by molar-refractivity contribution is -0.136. The molecule has 2 aromatic heterocycles. The largest absolute Gasteiger partial charge is 0.481 e. The zero-order valence-electron chi connectivity index (χ0n) is 21.3. The van der Waals surface area contributed by atoms with E-state index in [9.17, 15) is 9.90 Å². The van der Waals surface area contributed by atoms with Crippen LogP contribution < -0.4 is 9.47 Å². The quantitative estimate of drug-likeness (QED) is 0.206. The fourth-order valence-corrected chi connectivity index (χ4v) is 4.47. The minimum absolute atomic E-state index is 0.00712. The summed E-state index contributed by atoms with van der Waals surface area (Å²) in [6, 6.07) is 17.2. The van der Waals surface area contributed by atoms with Crippen LogP contribution in [0.2, 0.25) is 10.0 Å². The Bertz CT molecular complexity index is 1370. The molecule has 0 atom stereocenters. The van der Waals surface area contributed by atoms with Crippen LogP contribution in [-0.2, 0) is 30.7 Å². The molecule has 0 saturated heterocycles. The molecule has 0 aliphatic rings. The molecule has 8 nitrogen and oxygen atoms in total. The Balaban J connectivity index is 1.42. The highest BCUT2D eigenvalue weighted by Gasteiger charge is 2.16. The zero-order valence-corrected chi connectivity index (χ0v) is 22.8. The second-order valence-corrected chi connectivity index (χ2v) is 10.0. The predicted octanol–water partition coefficient (Wildman–Crippen LogP) is 5.91. The van der Waals surface area contributed by atoms with Crippen molar-refractivity contribution >= 4 is 29.2 Å². The second-order valence-electron chi connectivity index (χ2n) is 9.20. The van der Waals surface area contributed by atoms with Crippen molar-refractivity contribution in [3.63, 3.8) is 0 Å². The van der Waals surface area contributed by atoms with Crippen LogP contribution in [0.1, 0.15) is 42.7 Å². The second kappa shape index (κ2) is 12.8. The van der Waals surface area contributed by atoms with Crippen molar-refractivity contribution in [2.45, 2.75) is 52.3 Å². The van der Waals surface area contributed by atoms with E-state index in [2.05, 4.69) is 10.2 Å². The summed E-state index contributed by atoms with van der Waals surface area (Å²) in [6.07, 6.45) is 2.90. The normalized spacial score (nSPS) is 11.2. The lowest BCUT2D eigenvalue weighted by Crippen LogP contribution is -2.10. The topological polar surface area (TPSA) is 91.4 Å². The van der Waals surface area contributed by atoms with Crippen molar-refractivity contribution in [2.24, 2.45) is 0 Å². The number of carboxylic acid groups (broad SMARTS) is 1. The van der Waals surface area contributed by atoms with Crippen molar-refractivity contribution in [2.75, 3.05) is 6.61 Å². The summed E-state index contributed by atoms with van der Waals surface area (Å²) in [4.78, 5) is 11.4. The monoisotopic (exact) mass is 556 g/mol. The lowest BCUT2D eigenvalue weighted by atomic mass is 10.2. The molecule has 0 aliphatic carbocycles. The summed E-state index contributed by atoms with van der Waals surface area (Å²) in [5.41, 5.74) is 3.48. The van der Waals surface area contributed by atoms with E-state index in [1.54, 1.807) is 23.0 Å². The molecule has 0 bridgehead atoms. The molecule has 0 spiro atoms. The van der Waals surface area contributed by atoms with Gasteiger partial charge in [0.1, 0.15) is 0 Å². The number of aryl methyl sites for hydroxylation is 1. The highest BCUT2D eigenvalue weighted by molar-refractivity contribution is 6.35. The van der Waals surface area contributed by atoms with Crippen molar-refractivity contribution in [3.05, 3.63) is 93.2 Å². The van der Waals surface area contributed by atoms with E-state index >= 15 is 0 Å². The van der Waals surface area contributed by atoms with Crippen LogP contribution in [0.3, 0.4) is 0 Å². The number of rotatable bonds is 13. The van der Waals surface area contributed by atoms with Gasteiger partial charge in [-0.05, 0) is 49.9 Å². The molecule has 0 fully saturated rings. The number of carbonyl (C=O) groups is 1. The van der Waals surface area contributed by atoms with Crippen LogP contribution in [0, 0.1) is 0 Å². The number of nitrogens with zero attached hydrogens (tertiary/aromatic N) is 4. The van der Waals surface area contributed by atoms with E-state index in [1.807, 2.05) is 61.0 Å². The van der Waals surface area contributed by atoms with Gasteiger partial charge in [0.2, 0.25) is 11.8 Å². The van der Waals surface area contributed by atoms with Gasteiger partial charge in [-0.25, -0.2) is 0 Å². The average molecular weight is 557 g/mol. The van der Waals surface area contributed by atoms with Crippen molar-refractivity contribution in [1.29, 1.82) is 0 Å². The standard InChI is InChI=1S/C28H30Cl2N4O4/c1-19(2)38-26-15-24(34(31-26)18-21-10-11-23(29)14-25(21)30)9-6-12-37-28-22(13-27(35)36)17-33(32-28)16-20-7-4-3-5-8-20/h3-5,7-8,10-11,14-15,17,19H,6,9,12-13,16,18H2,1-2H3,(H,35,36). The van der Waals surface area contributed by atoms with Crippen molar-refractivity contribution < 1.29 is 19.4 Å². The fourth-order valence-electron chi connectivity index (χ4n) is 4.00. The van der Waals surface area contributed by atoms with Crippen LogP contribution in [0.5, 0.6) is 11.8 Å². The van der Waals surface area contributed by atoms with Crippen LogP contribution >= 0.6 is 23.2 Å². The van der Waals surface area contributed by atoms with Gasteiger partial charge >= 0.3 is 5.97 Å². The van der Waals surface area contributed by atoms with Gasteiger partial charge < -0.3 is 14.6 Å². The molecule has 0 saturated carbocycles. The number of ether oxygens (including phenoxy) is 2. The Labute approximate surface area is 231 Å². The van der Waals surface area contributed by atoms with Crippen LogP contribution in [0.15, 0.2) is 60.8 Å². The third kappa shape index (κ3) is 7.76. The molecule has 0 unspecified atom stereocenters. The molecule has 1 N–H and O–H groups in total. The number of hydrogen-bond donors (Lipinski definition) is 1. The number of hydrogen-bond acceptors (Lipinski definition) is 5. The van der Waals surface area contributed by atoms with E-state index in [0.29, 0.717) is 59.9 Å². The van der Waals surface area contributed by atoms with Gasteiger partial charge in [-0.2, -0.15) is 0 Å². The fraction of sp³-hybridized carbons (Fsp3) is 0.321. The van der Waals surface area contributed by atoms with Crippen LogP contribution in [-0.4, -0.2) is 43.3 Å². The van der Waals surface area contributed by atoms with E-state index in [4.69, 9.17) is 32.7 Å². The Hall–Kier alpha value is -3.49. The summed E-state index contributed by atoms with van der Waals surface area (Å²) in [5.74, 6) is -0.0467. The number of aliphatic carboxylic acids is 1. The first-order chi connectivity index (χ1) is 18.3. The summed E-state index contributed by atoms with van der Waals surface area (Å²) in [6.45, 7) is 5.27. The molecule has 200 valence electrons. The molecule has 10 heteroatoms. The number of halogens is 2. The lowest BCUT2D eigenvalue weighted by Gasteiger charge is -2.10. The van der Waals surface area contributed by atoms with Gasteiger partial charge in [0.15, 0.2) is 0 Å². The van der Waals surface area contributed by atoms with Gasteiger partial charge in [-0.15, -0.1) is 10.2 Å². The van der Waals surface area contributed by atoms with Gasteiger partial charge in [0, 0.05) is 33.6 Å². The molecule has 0 radical (unpaired) electrons. The van der Waals surface area contributed by atoms with E-state index in [1.165, 1.54) is 0 Å². The highest BCUT2D eigenvalue weighted by atomic mass is 35.5. The molecule has 38 heavy (non-hydrogen) atoms. The average Bonchev–Trinajstić information content (AvgIpc) is 3.40. The molecular formula is C28H30Cl2N4O4. The molecule has 0 aliphatic heterocycles. The van der Waals surface area contributed by atoms with Crippen molar-refractivity contribution in [1.82, 2.24) is 19.6 Å². The smallest absolute Gasteiger partial charge is 0.308 e. The minimum Gasteiger partial charge on any atom is -0.481 e. The third-order valence-corrected chi connectivity index (χ3v) is 6.26. The molecule has 4 aromatic rings. The van der Waals surface area contributed by atoms with Gasteiger partial charge in [0.05, 0.1) is 32.2 Å². The van der Waals surface area contributed by atoms with E-state index < -0.39 is 5.97 Å². The van der Waals surface area contributed by atoms with Gasteiger partial charge in [0.25, 0.3) is 0 Å². The van der Waals surface area contributed by atoms with E-state index in [0.717, 1.165) is 16.8 Å². The molecule has 2 aromatic carbocycles. The Kier molecular flexibility index (Phi) is 9.31. The highest BCUT2D eigenvalue weighted by Crippen LogP contribution is 2.24. The maximum atomic E-state index is 11.4. The van der Waals surface area contributed by atoms with Crippen molar-refractivity contribution in [3.8, 4) is 11.8 Å². The Morgan fingerprint density at radius 1 is 1.03 bits per heavy atom. The maximum absolute atomic E-state index is 11.4. The summed E-state index contributed by atoms with van der Waals surface area (Å²) < 4.78 is 15.3. The first-order valence-corrected chi connectivity index (χ1v) is 13.1. The Morgan fingerprint density at radius 2 is 1.82 bits per heavy atom. The maximum Gasteiger partial charge on any atom is 0.308 e. The van der Waals surface area contributed by atoms with Gasteiger partial charge in [-0.1, -0.05) is 59.6 Å². The van der Waals surface area contributed by atoms with E-state index in [-0.39, 0.29) is 12.5 Å². The molecule has 2 heterocycles. The van der Waals surface area contributed by atoms with Crippen LogP contribution in [0.25, 0.3) is 0 Å². The van der Waals surface area contributed by atoms with Gasteiger partial charge in [-0.3, -0.25) is 14.2 Å². The Morgan fingerprint density at radius 3 is 2.53 bits per heavy atom. The number of benzene rings is 2. The van der Waals surface area contributed by atoms with Crippen LogP contribution in [0.4, 0.5) is 0 Å². The predicted molar refractivity (Wildman–Crippen MR) is 146 cm³/mol. The molecular weight excluding hydrogens is 527 g/mol. The number of carboxylic acids is 1. The minimum atomic E-state index is -0.934. The SMILES string of the molecule is CC(C)Oc1cc(CCCOc2nn(Cc3ccccc3)cc2CC(=O)O)n(Cc2ccc(Cl)cc2Cl)n1. The summed E-state index contributed by atoms with van der Waals surface area (Å²) in [5, 5.41) is 19.6. The first kappa shape index (κ1) is 27.5. The number of aromatic nitrogens is 4. The summed E-state index contributed by atoms with van der Waals surface area (Å²) in [7, 11) is 0. The molecule has 0 amide bonds. The first-order valence-electron chi connectivity index (χ1n) is 12.4.